The Labute approximate surface area is 246 Å². The van der Waals surface area contributed by atoms with E-state index in [0.717, 1.165) is 7.11 Å². The highest BCUT2D eigenvalue weighted by Crippen LogP contribution is 2.11. The Morgan fingerprint density at radius 2 is 0.600 bits per heavy atom. The molecule has 2 N–H and O–H groups in total. The van der Waals surface area contributed by atoms with Crippen LogP contribution in [0.3, 0.4) is 0 Å². The topological polar surface area (TPSA) is 40.5 Å². The molecule has 0 saturated carbocycles. The van der Waals surface area contributed by atoms with Crippen LogP contribution in [0.2, 0.25) is 0 Å². The molecule has 0 unspecified atom stereocenters. The molecule has 0 aliphatic rings. The number of rotatable bonds is 0. The van der Waals surface area contributed by atoms with Gasteiger partial charge in [-0.1, -0.05) is 186 Å². The van der Waals surface area contributed by atoms with Crippen LogP contribution in [-0.2, 0) is 0 Å². The maximum Gasteiger partial charge on any atom is 0.115 e. The lowest BCUT2D eigenvalue weighted by Gasteiger charge is -1.92. The third-order valence-corrected chi connectivity index (χ3v) is 4.30. The molecule has 0 bridgehead atoms. The van der Waals surface area contributed by atoms with Gasteiger partial charge in [0.05, 0.1) is 0 Å². The zero-order valence-electron chi connectivity index (χ0n) is 26.4. The van der Waals surface area contributed by atoms with Gasteiger partial charge in [-0.2, -0.15) is 0 Å². The molecule has 0 radical (unpaired) electrons. The van der Waals surface area contributed by atoms with E-state index in [1.165, 1.54) is 28.3 Å². The Kier molecular flexibility index (Phi) is 33.7. The van der Waals surface area contributed by atoms with Crippen molar-refractivity contribution in [3.8, 4) is 5.75 Å². The molecule has 40 heavy (non-hydrogen) atoms. The number of aliphatic hydroxyl groups is 1. The summed E-state index contributed by atoms with van der Waals surface area (Å²) in [4.78, 5) is 0. The summed E-state index contributed by atoms with van der Waals surface area (Å²) >= 11 is 0. The highest BCUT2D eigenvalue weighted by atomic mass is 16.3. The summed E-state index contributed by atoms with van der Waals surface area (Å²) in [5.41, 5.74) is 2.64. The van der Waals surface area contributed by atoms with Crippen LogP contribution in [0, 0.1) is 13.8 Å². The van der Waals surface area contributed by atoms with Crippen molar-refractivity contribution in [3.05, 3.63) is 151 Å². The van der Waals surface area contributed by atoms with Crippen molar-refractivity contribution in [2.75, 3.05) is 7.11 Å². The highest BCUT2D eigenvalue weighted by molar-refractivity contribution is 5.82. The lowest BCUT2D eigenvalue weighted by atomic mass is 10.1. The molecule has 5 aromatic carbocycles. The first-order valence-corrected chi connectivity index (χ1v) is 14.2. The standard InChI is InChI=1S/C10H8.2C7H8.C6H6O.C3H8.2C2H6.CH4O/c1-2-6-10-8-4-3-7-9(10)5-1;2*1-7-5-3-2-4-6-7;7-6-4-2-1-3-5-6;1-3-2;3*1-2/h1-8H;2*2-6H,1H3;1-5,7H;3H2,1-2H3;2*1-2H3;2H,1H3. The van der Waals surface area contributed by atoms with Gasteiger partial charge >= 0.3 is 0 Å². The Bertz CT molecular complexity index is 954. The van der Waals surface area contributed by atoms with E-state index >= 15 is 0 Å². The zero-order chi connectivity index (χ0) is 30.9. The molecule has 0 saturated heterocycles. The molecule has 0 aromatic heterocycles. The fraction of sp³-hybridized carbons (Fsp3) is 0.263. The van der Waals surface area contributed by atoms with E-state index in [2.05, 4.69) is 100 Å². The molecule has 2 nitrogen and oxygen atoms in total. The second-order valence-corrected chi connectivity index (χ2v) is 7.70. The van der Waals surface area contributed by atoms with Crippen LogP contribution in [0.25, 0.3) is 10.8 Å². The number of aliphatic hydroxyl groups excluding tert-OH is 1. The number of aromatic hydroxyl groups is 1. The van der Waals surface area contributed by atoms with Gasteiger partial charge in [0.1, 0.15) is 5.75 Å². The van der Waals surface area contributed by atoms with Crippen molar-refractivity contribution in [1.29, 1.82) is 0 Å². The van der Waals surface area contributed by atoms with E-state index < -0.39 is 0 Å². The van der Waals surface area contributed by atoms with Crippen LogP contribution in [0.1, 0.15) is 59.1 Å². The van der Waals surface area contributed by atoms with Gasteiger partial charge in [0.25, 0.3) is 0 Å². The number of phenols is 1. The van der Waals surface area contributed by atoms with E-state index in [1.54, 1.807) is 24.3 Å². The number of fused-ring (bicyclic) bond motifs is 1. The molecule has 5 rings (SSSR count). The van der Waals surface area contributed by atoms with E-state index in [-0.39, 0.29) is 0 Å². The molecule has 218 valence electrons. The lowest BCUT2D eigenvalue weighted by molar-refractivity contribution is 0.399. The number of benzene rings is 5. The minimum atomic E-state index is 0.322. The molecule has 0 aliphatic heterocycles. The second kappa shape index (κ2) is 33.1. The minimum absolute atomic E-state index is 0.322. The molecule has 0 aliphatic carbocycles. The van der Waals surface area contributed by atoms with E-state index in [0.29, 0.717) is 5.75 Å². The average Bonchev–Trinajstić information content (AvgIpc) is 3.03. The number of para-hydroxylation sites is 1. The van der Waals surface area contributed by atoms with E-state index in [1.807, 2.05) is 70.2 Å². The van der Waals surface area contributed by atoms with Crippen molar-refractivity contribution in [2.45, 2.75) is 61.8 Å². The second-order valence-electron chi connectivity index (χ2n) is 7.70. The normalized spacial score (nSPS) is 7.95. The Morgan fingerprint density at radius 3 is 0.750 bits per heavy atom. The molecule has 5 aromatic rings. The number of hydrogen-bond acceptors (Lipinski definition) is 2. The summed E-state index contributed by atoms with van der Waals surface area (Å²) in [5, 5.41) is 18.3. The zero-order valence-corrected chi connectivity index (χ0v) is 26.4. The maximum absolute atomic E-state index is 8.63. The SMILES string of the molecule is CC.CC.CCC.CO.Cc1ccccc1.Cc1ccccc1.Oc1ccccc1.c1ccc2ccccc2c1. The number of aryl methyl sites for hydroxylation is 2. The van der Waals surface area contributed by atoms with Crippen molar-refractivity contribution >= 4 is 10.8 Å². The molecular formula is C38H54O2. The molecule has 0 amide bonds. The summed E-state index contributed by atoms with van der Waals surface area (Å²) < 4.78 is 0. The van der Waals surface area contributed by atoms with Crippen LogP contribution in [0.4, 0.5) is 0 Å². The fourth-order valence-corrected chi connectivity index (χ4v) is 2.63. The van der Waals surface area contributed by atoms with Gasteiger partial charge in [-0.25, -0.2) is 0 Å². The van der Waals surface area contributed by atoms with Gasteiger partial charge in [-0.15, -0.1) is 0 Å². The Hall–Kier alpha value is -3.88. The van der Waals surface area contributed by atoms with Gasteiger partial charge in [0, 0.05) is 7.11 Å². The van der Waals surface area contributed by atoms with Crippen LogP contribution in [-0.4, -0.2) is 17.3 Å². The van der Waals surface area contributed by atoms with Crippen molar-refractivity contribution in [2.24, 2.45) is 0 Å². The first kappa shape index (κ1) is 40.6. The van der Waals surface area contributed by atoms with Crippen molar-refractivity contribution in [1.82, 2.24) is 0 Å². The molecule has 0 heterocycles. The summed E-state index contributed by atoms with van der Waals surface area (Å²) in [6.07, 6.45) is 1.25. The summed E-state index contributed by atoms with van der Waals surface area (Å²) in [6, 6.07) is 45.9. The number of hydrogen-bond donors (Lipinski definition) is 2. The summed E-state index contributed by atoms with van der Waals surface area (Å²) in [6.45, 7) is 16.4. The van der Waals surface area contributed by atoms with Gasteiger partial charge in [0.15, 0.2) is 0 Å². The van der Waals surface area contributed by atoms with Gasteiger partial charge in [-0.05, 0) is 36.8 Å². The quantitative estimate of drug-likeness (QED) is 0.204. The van der Waals surface area contributed by atoms with Gasteiger partial charge in [0.2, 0.25) is 0 Å². The third-order valence-electron chi connectivity index (χ3n) is 4.30. The van der Waals surface area contributed by atoms with Crippen LogP contribution >= 0.6 is 0 Å². The van der Waals surface area contributed by atoms with Gasteiger partial charge < -0.3 is 10.2 Å². The smallest absolute Gasteiger partial charge is 0.115 e. The van der Waals surface area contributed by atoms with Crippen LogP contribution < -0.4 is 0 Å². The minimum Gasteiger partial charge on any atom is -0.508 e. The molecular weight excluding hydrogens is 488 g/mol. The molecule has 0 atom stereocenters. The van der Waals surface area contributed by atoms with E-state index in [4.69, 9.17) is 10.2 Å². The molecule has 0 spiro atoms. The predicted molar refractivity (Wildman–Crippen MR) is 181 cm³/mol. The fourth-order valence-electron chi connectivity index (χ4n) is 2.63. The molecule has 0 fully saturated rings. The van der Waals surface area contributed by atoms with Gasteiger partial charge in [-0.3, -0.25) is 0 Å². The van der Waals surface area contributed by atoms with Crippen LogP contribution in [0.15, 0.2) is 140 Å². The van der Waals surface area contributed by atoms with Crippen LogP contribution in [0.5, 0.6) is 5.75 Å². The van der Waals surface area contributed by atoms with Crippen molar-refractivity contribution in [3.63, 3.8) is 0 Å². The Morgan fingerprint density at radius 1 is 0.400 bits per heavy atom. The van der Waals surface area contributed by atoms with E-state index in [9.17, 15) is 0 Å². The van der Waals surface area contributed by atoms with Crippen molar-refractivity contribution < 1.29 is 10.2 Å². The predicted octanol–water partition coefficient (Wildman–Crippen LogP) is 11.3. The third kappa shape index (κ3) is 25.8. The average molecular weight is 543 g/mol. The summed E-state index contributed by atoms with van der Waals surface area (Å²) in [7, 11) is 1.00. The summed E-state index contributed by atoms with van der Waals surface area (Å²) in [5.74, 6) is 0.322. The lowest BCUT2D eigenvalue weighted by Crippen LogP contribution is -1.67. The molecule has 2 heteroatoms. The number of phenolic OH excluding ortho intramolecular Hbond substituents is 1. The monoisotopic (exact) mass is 542 g/mol. The maximum atomic E-state index is 8.63. The first-order valence-electron chi connectivity index (χ1n) is 14.2. The highest BCUT2D eigenvalue weighted by Gasteiger charge is 1.85. The Balaban J connectivity index is -0.000000420. The first-order chi connectivity index (χ1) is 19.6. The largest absolute Gasteiger partial charge is 0.508 e.